The number of ether oxygens (including phenoxy) is 2. The summed E-state index contributed by atoms with van der Waals surface area (Å²) in [6.45, 7) is 2.74. The average Bonchev–Trinajstić information content (AvgIpc) is 2.35. The molecule has 0 aliphatic rings. The van der Waals surface area contributed by atoms with E-state index >= 15 is 0 Å². The monoisotopic (exact) mass is 299 g/mol. The molecule has 0 radical (unpaired) electrons. The van der Waals surface area contributed by atoms with E-state index in [1.165, 1.54) is 18.5 Å². The van der Waals surface area contributed by atoms with Crippen LogP contribution in [0.4, 0.5) is 0 Å². The fraction of sp³-hybridized carbons (Fsp3) is 0.250. The highest BCUT2D eigenvalue weighted by molar-refractivity contribution is 6.30. The average molecular weight is 300 g/mol. The third-order valence-electron chi connectivity index (χ3n) is 2.06. The van der Waals surface area contributed by atoms with Crippen LogP contribution in [0.15, 0.2) is 24.5 Å². The molecule has 0 unspecified atom stereocenters. The van der Waals surface area contributed by atoms with E-state index in [-0.39, 0.29) is 11.8 Å². The predicted molar refractivity (Wildman–Crippen MR) is 71.7 cm³/mol. The molecule has 0 fully saturated rings. The molecule has 2 rings (SSSR count). The molecule has 0 aliphatic carbocycles. The van der Waals surface area contributed by atoms with Crippen LogP contribution in [0.2, 0.25) is 10.2 Å². The van der Waals surface area contributed by atoms with Crippen LogP contribution in [0.1, 0.15) is 12.7 Å². The Morgan fingerprint density at radius 1 is 1.16 bits per heavy atom. The van der Waals surface area contributed by atoms with Crippen molar-refractivity contribution in [1.29, 1.82) is 0 Å². The molecule has 19 heavy (non-hydrogen) atoms. The van der Waals surface area contributed by atoms with Gasteiger partial charge in [0.15, 0.2) is 5.82 Å². The lowest BCUT2D eigenvalue weighted by Crippen LogP contribution is -2.01. The lowest BCUT2D eigenvalue weighted by molar-refractivity contribution is 0.128. The van der Waals surface area contributed by atoms with Crippen LogP contribution in [0.3, 0.4) is 0 Å². The smallest absolute Gasteiger partial charge is 0.224 e. The second-order valence-corrected chi connectivity index (χ2v) is 4.35. The minimum absolute atomic E-state index is 0.279. The summed E-state index contributed by atoms with van der Waals surface area (Å²) in [6, 6.07) is 3.14. The molecule has 2 heterocycles. The number of halogens is 2. The Balaban J connectivity index is 2.17. The highest BCUT2D eigenvalue weighted by Gasteiger charge is 2.06. The Labute approximate surface area is 120 Å². The summed E-state index contributed by atoms with van der Waals surface area (Å²) in [4.78, 5) is 12.1. The Kier molecular flexibility index (Phi) is 4.90. The molecule has 5 nitrogen and oxygen atoms in total. The van der Waals surface area contributed by atoms with Crippen molar-refractivity contribution in [3.63, 3.8) is 0 Å². The van der Waals surface area contributed by atoms with Gasteiger partial charge in [0.1, 0.15) is 17.5 Å². The molecule has 7 heteroatoms. The molecular weight excluding hydrogens is 289 g/mol. The molecule has 100 valence electrons. The van der Waals surface area contributed by atoms with Crippen LogP contribution in [-0.2, 0) is 11.3 Å². The van der Waals surface area contributed by atoms with Crippen LogP contribution in [0.5, 0.6) is 11.6 Å². The van der Waals surface area contributed by atoms with E-state index in [0.717, 1.165) is 0 Å². The lowest BCUT2D eigenvalue weighted by Gasteiger charge is -2.07. The topological polar surface area (TPSA) is 57.1 Å². The Hall–Kier alpha value is -1.43. The number of pyridine rings is 1. The summed E-state index contributed by atoms with van der Waals surface area (Å²) in [7, 11) is 0. The molecule has 0 bridgehead atoms. The standard InChI is InChI=1S/C12H11Cl2N3O2/c1-2-18-7-11-16-10(14)4-12(17-11)19-9-3-8(13)5-15-6-9/h3-6H,2,7H2,1H3. The van der Waals surface area contributed by atoms with Gasteiger partial charge >= 0.3 is 0 Å². The molecule has 2 aromatic heterocycles. The van der Waals surface area contributed by atoms with E-state index < -0.39 is 0 Å². The van der Waals surface area contributed by atoms with Crippen LogP contribution in [0.25, 0.3) is 0 Å². The summed E-state index contributed by atoms with van der Waals surface area (Å²) in [5.41, 5.74) is 0. The highest BCUT2D eigenvalue weighted by atomic mass is 35.5. The van der Waals surface area contributed by atoms with Gasteiger partial charge in [-0.15, -0.1) is 0 Å². The van der Waals surface area contributed by atoms with Crippen LogP contribution in [-0.4, -0.2) is 21.6 Å². The van der Waals surface area contributed by atoms with E-state index in [1.54, 1.807) is 6.07 Å². The molecule has 0 saturated heterocycles. The first kappa shape index (κ1) is 14.0. The van der Waals surface area contributed by atoms with Gasteiger partial charge in [-0.2, -0.15) is 4.98 Å². The lowest BCUT2D eigenvalue weighted by atomic mass is 10.4. The molecule has 0 aromatic carbocycles. The van der Waals surface area contributed by atoms with Gasteiger partial charge in [-0.3, -0.25) is 4.98 Å². The fourth-order valence-corrected chi connectivity index (χ4v) is 1.68. The normalized spacial score (nSPS) is 10.5. The van der Waals surface area contributed by atoms with Gasteiger partial charge in [0, 0.05) is 24.9 Å². The maximum atomic E-state index is 5.90. The molecule has 0 spiro atoms. The third-order valence-corrected chi connectivity index (χ3v) is 2.46. The summed E-state index contributed by atoms with van der Waals surface area (Å²) in [5.74, 6) is 1.25. The number of aromatic nitrogens is 3. The van der Waals surface area contributed by atoms with Gasteiger partial charge in [0.25, 0.3) is 0 Å². The zero-order valence-electron chi connectivity index (χ0n) is 10.1. The molecule has 0 atom stereocenters. The number of nitrogens with zero attached hydrogens (tertiary/aromatic N) is 3. The van der Waals surface area contributed by atoms with E-state index in [1.807, 2.05) is 6.92 Å². The number of rotatable bonds is 5. The van der Waals surface area contributed by atoms with Crippen molar-refractivity contribution < 1.29 is 9.47 Å². The summed E-state index contributed by atoms with van der Waals surface area (Å²) in [6.07, 6.45) is 3.05. The summed E-state index contributed by atoms with van der Waals surface area (Å²) < 4.78 is 10.7. The highest BCUT2D eigenvalue weighted by Crippen LogP contribution is 2.23. The first-order chi connectivity index (χ1) is 9.17. The number of hydrogen-bond donors (Lipinski definition) is 0. The van der Waals surface area contributed by atoms with Gasteiger partial charge in [0.05, 0.1) is 11.2 Å². The Morgan fingerprint density at radius 3 is 2.74 bits per heavy atom. The zero-order valence-corrected chi connectivity index (χ0v) is 11.6. The quantitative estimate of drug-likeness (QED) is 0.791. The van der Waals surface area contributed by atoms with E-state index in [4.69, 9.17) is 32.7 Å². The second kappa shape index (κ2) is 6.65. The predicted octanol–water partition coefficient (Wildman–Crippen LogP) is 3.51. The van der Waals surface area contributed by atoms with E-state index in [9.17, 15) is 0 Å². The second-order valence-electron chi connectivity index (χ2n) is 3.52. The maximum absolute atomic E-state index is 5.90. The first-order valence-corrected chi connectivity index (χ1v) is 6.32. The van der Waals surface area contributed by atoms with Crippen molar-refractivity contribution in [2.45, 2.75) is 13.5 Å². The SMILES string of the molecule is CCOCc1nc(Cl)cc(Oc2cncc(Cl)c2)n1. The minimum Gasteiger partial charge on any atom is -0.437 e. The van der Waals surface area contributed by atoms with Crippen molar-refractivity contribution in [3.05, 3.63) is 40.5 Å². The van der Waals surface area contributed by atoms with Crippen LogP contribution in [0, 0.1) is 0 Å². The Bertz CT molecular complexity index is 566. The van der Waals surface area contributed by atoms with Gasteiger partial charge in [-0.1, -0.05) is 23.2 Å². The van der Waals surface area contributed by atoms with E-state index in [2.05, 4.69) is 15.0 Å². The number of hydrogen-bond acceptors (Lipinski definition) is 5. The van der Waals surface area contributed by atoms with Gasteiger partial charge in [-0.25, -0.2) is 4.98 Å². The molecule has 0 N–H and O–H groups in total. The van der Waals surface area contributed by atoms with E-state index in [0.29, 0.717) is 29.1 Å². The molecule has 0 saturated carbocycles. The van der Waals surface area contributed by atoms with Crippen molar-refractivity contribution >= 4 is 23.2 Å². The summed E-state index contributed by atoms with van der Waals surface area (Å²) >= 11 is 11.7. The zero-order chi connectivity index (χ0) is 13.7. The maximum Gasteiger partial charge on any atom is 0.224 e. The van der Waals surface area contributed by atoms with Crippen molar-refractivity contribution in [3.8, 4) is 11.6 Å². The van der Waals surface area contributed by atoms with Gasteiger partial charge in [0.2, 0.25) is 5.88 Å². The van der Waals surface area contributed by atoms with Crippen LogP contribution < -0.4 is 4.74 Å². The van der Waals surface area contributed by atoms with Crippen molar-refractivity contribution in [2.24, 2.45) is 0 Å². The minimum atomic E-state index is 0.279. The van der Waals surface area contributed by atoms with Crippen LogP contribution >= 0.6 is 23.2 Å². The van der Waals surface area contributed by atoms with Crippen molar-refractivity contribution in [1.82, 2.24) is 15.0 Å². The summed E-state index contributed by atoms with van der Waals surface area (Å²) in [5, 5.41) is 0.766. The Morgan fingerprint density at radius 2 is 2.00 bits per heavy atom. The molecule has 2 aromatic rings. The molecule has 0 aliphatic heterocycles. The third kappa shape index (κ3) is 4.31. The molecular formula is C12H11Cl2N3O2. The fourth-order valence-electron chi connectivity index (χ4n) is 1.32. The molecule has 0 amide bonds. The first-order valence-electron chi connectivity index (χ1n) is 5.57. The van der Waals surface area contributed by atoms with Gasteiger partial charge in [-0.05, 0) is 6.92 Å². The van der Waals surface area contributed by atoms with Gasteiger partial charge < -0.3 is 9.47 Å². The largest absolute Gasteiger partial charge is 0.437 e. The van der Waals surface area contributed by atoms with Crippen molar-refractivity contribution in [2.75, 3.05) is 6.61 Å².